The second-order valence-electron chi connectivity index (χ2n) is 7.82. The minimum Gasteiger partial charge on any atom is -0.345 e. The summed E-state index contributed by atoms with van der Waals surface area (Å²) in [6.07, 6.45) is 0. The van der Waals surface area contributed by atoms with Gasteiger partial charge in [-0.25, -0.2) is 4.98 Å². The monoisotopic (exact) mass is 506 g/mol. The molecule has 0 saturated heterocycles. The highest BCUT2D eigenvalue weighted by Gasteiger charge is 2.16. The predicted octanol–water partition coefficient (Wildman–Crippen LogP) is 4.70. The molecule has 4 aromatic rings. The average molecular weight is 507 g/mol. The van der Waals surface area contributed by atoms with Gasteiger partial charge in [0.1, 0.15) is 0 Å². The molecule has 0 bridgehead atoms. The van der Waals surface area contributed by atoms with Gasteiger partial charge in [-0.1, -0.05) is 59.8 Å². The number of benzene rings is 2. The van der Waals surface area contributed by atoms with Gasteiger partial charge in [0.2, 0.25) is 5.91 Å². The van der Waals surface area contributed by atoms with Gasteiger partial charge < -0.3 is 15.2 Å². The molecule has 0 aliphatic rings. The molecular weight excluding hydrogens is 480 g/mol. The molecule has 8 nitrogen and oxygen atoms in total. The Hall–Kier alpha value is -3.50. The quantitative estimate of drug-likeness (QED) is 0.319. The summed E-state index contributed by atoms with van der Waals surface area (Å²) >= 11 is 2.75. The van der Waals surface area contributed by atoms with Gasteiger partial charge >= 0.3 is 0 Å². The van der Waals surface area contributed by atoms with Gasteiger partial charge in [-0.05, 0) is 32.9 Å². The van der Waals surface area contributed by atoms with Crippen LogP contribution < -0.4 is 10.6 Å². The molecule has 2 amide bonds. The number of anilines is 1. The first kappa shape index (κ1) is 24.6. The van der Waals surface area contributed by atoms with Crippen molar-refractivity contribution in [1.82, 2.24) is 25.1 Å². The molecule has 0 saturated carbocycles. The Kier molecular flexibility index (Phi) is 7.94. The lowest BCUT2D eigenvalue weighted by molar-refractivity contribution is -0.113. The molecule has 0 radical (unpaired) electrons. The molecule has 180 valence electrons. The molecule has 0 fully saturated rings. The van der Waals surface area contributed by atoms with E-state index in [2.05, 4.69) is 25.8 Å². The number of carbonyl (C=O) groups excluding carboxylic acids is 2. The van der Waals surface area contributed by atoms with Gasteiger partial charge in [-0.3, -0.25) is 9.59 Å². The fraction of sp³-hybridized carbons (Fsp3) is 0.240. The number of thioether (sulfide) groups is 1. The number of aryl methyl sites for hydroxylation is 2. The SMILES string of the molecule is CCn1c(CNC(=O)c2cccc(C)c2)nnc1SCC(=O)Nc1nc(-c2ccccc2)c(C)s1. The third kappa shape index (κ3) is 6.14. The predicted molar refractivity (Wildman–Crippen MR) is 140 cm³/mol. The first-order chi connectivity index (χ1) is 16.9. The number of nitrogens with one attached hydrogen (secondary N) is 2. The molecule has 4 rings (SSSR count). The Bertz CT molecular complexity index is 1330. The van der Waals surface area contributed by atoms with Crippen LogP contribution >= 0.6 is 23.1 Å². The summed E-state index contributed by atoms with van der Waals surface area (Å²) in [5.74, 6) is 0.483. The first-order valence-corrected chi connectivity index (χ1v) is 13.0. The van der Waals surface area contributed by atoms with Crippen LogP contribution in [0.3, 0.4) is 0 Å². The van der Waals surface area contributed by atoms with E-state index in [-0.39, 0.29) is 24.1 Å². The second-order valence-corrected chi connectivity index (χ2v) is 9.97. The molecule has 35 heavy (non-hydrogen) atoms. The summed E-state index contributed by atoms with van der Waals surface area (Å²) < 4.78 is 1.90. The van der Waals surface area contributed by atoms with Crippen LogP contribution in [0, 0.1) is 13.8 Å². The zero-order valence-electron chi connectivity index (χ0n) is 19.7. The lowest BCUT2D eigenvalue weighted by Crippen LogP contribution is -2.25. The number of hydrogen-bond acceptors (Lipinski definition) is 7. The first-order valence-electron chi connectivity index (χ1n) is 11.2. The fourth-order valence-corrected chi connectivity index (χ4v) is 5.19. The average Bonchev–Trinajstić information content (AvgIpc) is 3.43. The fourth-order valence-electron chi connectivity index (χ4n) is 3.52. The van der Waals surface area contributed by atoms with Crippen molar-refractivity contribution < 1.29 is 9.59 Å². The second kappa shape index (κ2) is 11.3. The zero-order chi connectivity index (χ0) is 24.8. The van der Waals surface area contributed by atoms with Crippen LogP contribution in [-0.4, -0.2) is 37.3 Å². The van der Waals surface area contributed by atoms with Crippen LogP contribution in [0.25, 0.3) is 11.3 Å². The maximum absolute atomic E-state index is 12.6. The number of nitrogens with zero attached hydrogens (tertiary/aromatic N) is 4. The summed E-state index contributed by atoms with van der Waals surface area (Å²) in [7, 11) is 0. The van der Waals surface area contributed by atoms with Gasteiger partial charge in [-0.2, -0.15) is 0 Å². The molecule has 0 aliphatic heterocycles. The summed E-state index contributed by atoms with van der Waals surface area (Å²) in [4.78, 5) is 30.7. The minimum absolute atomic E-state index is 0.164. The van der Waals surface area contributed by atoms with E-state index in [4.69, 9.17) is 0 Å². The van der Waals surface area contributed by atoms with E-state index in [1.165, 1.54) is 23.1 Å². The smallest absolute Gasteiger partial charge is 0.251 e. The van der Waals surface area contributed by atoms with E-state index < -0.39 is 0 Å². The highest BCUT2D eigenvalue weighted by Crippen LogP contribution is 2.30. The molecule has 0 atom stereocenters. The largest absolute Gasteiger partial charge is 0.345 e. The van der Waals surface area contributed by atoms with E-state index in [0.717, 1.165) is 21.7 Å². The Labute approximate surface area is 212 Å². The van der Waals surface area contributed by atoms with Crippen molar-refractivity contribution in [2.24, 2.45) is 0 Å². The number of thiazole rings is 1. The third-order valence-corrected chi connectivity index (χ3v) is 7.07. The van der Waals surface area contributed by atoms with Crippen molar-refractivity contribution in [3.8, 4) is 11.3 Å². The van der Waals surface area contributed by atoms with E-state index in [9.17, 15) is 9.59 Å². The van der Waals surface area contributed by atoms with Crippen LogP contribution in [-0.2, 0) is 17.9 Å². The standard InChI is InChI=1S/C25H26N6O2S2/c1-4-31-20(14-26-23(33)19-12-8-9-16(2)13-19)29-30-25(31)34-15-21(32)27-24-28-22(17(3)35-24)18-10-6-5-7-11-18/h5-13H,4,14-15H2,1-3H3,(H,26,33)(H,27,28,32). The van der Waals surface area contributed by atoms with Gasteiger partial charge in [0.25, 0.3) is 5.91 Å². The summed E-state index contributed by atoms with van der Waals surface area (Å²) in [5.41, 5.74) is 3.53. The Morgan fingerprint density at radius 3 is 2.60 bits per heavy atom. The van der Waals surface area contributed by atoms with Gasteiger partial charge in [-0.15, -0.1) is 21.5 Å². The molecule has 2 aromatic carbocycles. The summed E-state index contributed by atoms with van der Waals surface area (Å²) in [5, 5.41) is 15.4. The number of aromatic nitrogens is 4. The lowest BCUT2D eigenvalue weighted by atomic mass is 10.1. The van der Waals surface area contributed by atoms with Crippen LogP contribution in [0.2, 0.25) is 0 Å². The van der Waals surface area contributed by atoms with Crippen molar-refractivity contribution in [2.45, 2.75) is 39.0 Å². The summed E-state index contributed by atoms with van der Waals surface area (Å²) in [6, 6.07) is 17.3. The normalized spacial score (nSPS) is 10.8. The molecule has 0 spiro atoms. The van der Waals surface area contributed by atoms with Crippen molar-refractivity contribution >= 4 is 40.0 Å². The van der Waals surface area contributed by atoms with Gasteiger partial charge in [0.15, 0.2) is 16.1 Å². The molecular formula is C25H26N6O2S2. The van der Waals surface area contributed by atoms with Gasteiger partial charge in [0.05, 0.1) is 18.0 Å². The molecule has 0 unspecified atom stereocenters. The zero-order valence-corrected chi connectivity index (χ0v) is 21.4. The van der Waals surface area contributed by atoms with E-state index in [0.29, 0.717) is 28.2 Å². The summed E-state index contributed by atoms with van der Waals surface area (Å²) in [6.45, 7) is 6.79. The highest BCUT2D eigenvalue weighted by atomic mass is 32.2. The number of amides is 2. The maximum atomic E-state index is 12.6. The van der Waals surface area contributed by atoms with Crippen LogP contribution in [0.4, 0.5) is 5.13 Å². The number of rotatable bonds is 9. The lowest BCUT2D eigenvalue weighted by Gasteiger charge is -2.09. The molecule has 2 heterocycles. The molecule has 2 aromatic heterocycles. The van der Waals surface area contributed by atoms with Crippen molar-refractivity contribution in [2.75, 3.05) is 11.1 Å². The number of carbonyl (C=O) groups is 2. The van der Waals surface area contributed by atoms with Gasteiger partial charge in [0, 0.05) is 22.5 Å². The van der Waals surface area contributed by atoms with Crippen molar-refractivity contribution in [1.29, 1.82) is 0 Å². The van der Waals surface area contributed by atoms with E-state index in [1.807, 2.05) is 73.9 Å². The highest BCUT2D eigenvalue weighted by molar-refractivity contribution is 7.99. The van der Waals surface area contributed by atoms with Crippen LogP contribution in [0.5, 0.6) is 0 Å². The Balaban J connectivity index is 1.34. The topological polar surface area (TPSA) is 102 Å². The van der Waals surface area contributed by atoms with Crippen LogP contribution in [0.15, 0.2) is 59.8 Å². The maximum Gasteiger partial charge on any atom is 0.251 e. The van der Waals surface area contributed by atoms with Crippen molar-refractivity contribution in [3.05, 3.63) is 76.4 Å². The minimum atomic E-state index is -0.165. The Morgan fingerprint density at radius 1 is 1.06 bits per heavy atom. The third-order valence-electron chi connectivity index (χ3n) is 5.22. The van der Waals surface area contributed by atoms with Crippen LogP contribution in [0.1, 0.15) is 33.5 Å². The number of hydrogen-bond donors (Lipinski definition) is 2. The Morgan fingerprint density at radius 2 is 1.86 bits per heavy atom. The molecule has 10 heteroatoms. The van der Waals surface area contributed by atoms with E-state index >= 15 is 0 Å². The molecule has 0 aliphatic carbocycles. The van der Waals surface area contributed by atoms with Crippen molar-refractivity contribution in [3.63, 3.8) is 0 Å². The van der Waals surface area contributed by atoms with E-state index in [1.54, 1.807) is 6.07 Å². The molecule has 2 N–H and O–H groups in total.